The highest BCUT2D eigenvalue weighted by Crippen LogP contribution is 2.42. The minimum Gasteiger partial charge on any atom is -0.398 e. The number of alkyl halides is 3. The second kappa shape index (κ2) is 6.52. The summed E-state index contributed by atoms with van der Waals surface area (Å²) in [6, 6.07) is 10.0. The van der Waals surface area contributed by atoms with Crippen LogP contribution in [0.1, 0.15) is 53.9 Å². The number of benzene rings is 2. The van der Waals surface area contributed by atoms with Crippen molar-refractivity contribution in [2.45, 2.75) is 38.5 Å². The highest BCUT2D eigenvalue weighted by Gasteiger charge is 2.39. The van der Waals surface area contributed by atoms with Crippen LogP contribution in [0.4, 0.5) is 18.9 Å². The summed E-state index contributed by atoms with van der Waals surface area (Å²) in [5.41, 5.74) is 3.99. The van der Waals surface area contributed by atoms with Gasteiger partial charge in [-0.2, -0.15) is 13.2 Å². The number of halogens is 3. The van der Waals surface area contributed by atoms with E-state index in [1.165, 1.54) is 0 Å². The van der Waals surface area contributed by atoms with E-state index >= 15 is 0 Å². The molecular weight excluding hydrogens is 331 g/mol. The molecule has 0 saturated heterocycles. The maximum absolute atomic E-state index is 13.3. The minimum atomic E-state index is -4.59. The predicted molar refractivity (Wildman–Crippen MR) is 90.3 cm³/mol. The Balaban J connectivity index is 2.59. The van der Waals surface area contributed by atoms with Crippen molar-refractivity contribution in [2.24, 2.45) is 0 Å². The first-order valence-corrected chi connectivity index (χ1v) is 7.72. The number of aliphatic hydroxyl groups excluding tert-OH is 1. The number of nitrogens with two attached hydrogens (primary N) is 1. The van der Waals surface area contributed by atoms with E-state index in [0.29, 0.717) is 5.56 Å². The van der Waals surface area contributed by atoms with Gasteiger partial charge < -0.3 is 10.8 Å². The molecule has 0 fully saturated rings. The third-order valence-corrected chi connectivity index (χ3v) is 3.93. The smallest absolute Gasteiger partial charge is 0.398 e. The SMILES string of the molecule is CC(C)(C)c1c(C(F)(F)F)ccc(C(=O)C(O)c2ccccc2)c1N. The average molecular weight is 351 g/mol. The van der Waals surface area contributed by atoms with Gasteiger partial charge in [-0.25, -0.2) is 0 Å². The van der Waals surface area contributed by atoms with Gasteiger partial charge in [0.25, 0.3) is 0 Å². The molecule has 2 aromatic rings. The number of anilines is 1. The van der Waals surface area contributed by atoms with Crippen LogP contribution in [-0.4, -0.2) is 10.9 Å². The number of hydrogen-bond donors (Lipinski definition) is 2. The Bertz CT molecular complexity index is 778. The van der Waals surface area contributed by atoms with Crippen LogP contribution in [0.2, 0.25) is 0 Å². The molecule has 134 valence electrons. The summed E-state index contributed by atoms with van der Waals surface area (Å²) < 4.78 is 40.0. The lowest BCUT2D eigenvalue weighted by atomic mass is 9.80. The Labute approximate surface area is 144 Å². The average Bonchev–Trinajstić information content (AvgIpc) is 2.52. The van der Waals surface area contributed by atoms with E-state index in [4.69, 9.17) is 5.73 Å². The Morgan fingerprint density at radius 2 is 1.60 bits per heavy atom. The van der Waals surface area contributed by atoms with Crippen LogP contribution >= 0.6 is 0 Å². The molecule has 2 aromatic carbocycles. The second-order valence-corrected chi connectivity index (χ2v) is 6.87. The van der Waals surface area contributed by atoms with Crippen molar-refractivity contribution in [1.29, 1.82) is 0 Å². The van der Waals surface area contributed by atoms with Gasteiger partial charge in [0.15, 0.2) is 5.78 Å². The van der Waals surface area contributed by atoms with Gasteiger partial charge in [-0.3, -0.25) is 4.79 Å². The van der Waals surface area contributed by atoms with Crippen molar-refractivity contribution >= 4 is 11.5 Å². The number of Topliss-reactive ketones (excluding diaryl/α,β-unsaturated/α-hetero) is 1. The van der Waals surface area contributed by atoms with Crippen molar-refractivity contribution in [1.82, 2.24) is 0 Å². The Morgan fingerprint density at radius 3 is 2.08 bits per heavy atom. The summed E-state index contributed by atoms with van der Waals surface area (Å²) in [5.74, 6) is -0.733. The lowest BCUT2D eigenvalue weighted by Crippen LogP contribution is -2.24. The topological polar surface area (TPSA) is 63.3 Å². The summed E-state index contributed by atoms with van der Waals surface area (Å²) in [7, 11) is 0. The molecule has 25 heavy (non-hydrogen) atoms. The Hall–Kier alpha value is -2.34. The summed E-state index contributed by atoms with van der Waals surface area (Å²) in [6.07, 6.45) is -6.08. The van der Waals surface area contributed by atoms with Gasteiger partial charge in [-0.1, -0.05) is 51.1 Å². The van der Waals surface area contributed by atoms with Crippen molar-refractivity contribution in [3.63, 3.8) is 0 Å². The van der Waals surface area contributed by atoms with Gasteiger partial charge in [0.2, 0.25) is 0 Å². The molecule has 0 aromatic heterocycles. The number of hydrogen-bond acceptors (Lipinski definition) is 3. The van der Waals surface area contributed by atoms with Crippen molar-refractivity contribution in [2.75, 3.05) is 5.73 Å². The summed E-state index contributed by atoms with van der Waals surface area (Å²) >= 11 is 0. The standard InChI is InChI=1S/C19H20F3NO2/c1-18(2,3)14-13(19(20,21)22)10-9-12(15(14)23)17(25)16(24)11-7-5-4-6-8-11/h4-10,16,24H,23H2,1-3H3. The number of aliphatic hydroxyl groups is 1. The zero-order valence-corrected chi connectivity index (χ0v) is 14.2. The summed E-state index contributed by atoms with van der Waals surface area (Å²) in [4.78, 5) is 12.6. The molecule has 1 atom stereocenters. The van der Waals surface area contributed by atoms with E-state index in [0.717, 1.165) is 12.1 Å². The monoisotopic (exact) mass is 351 g/mol. The molecule has 3 N–H and O–H groups in total. The van der Waals surface area contributed by atoms with Crippen LogP contribution in [0.3, 0.4) is 0 Å². The molecule has 0 aliphatic carbocycles. The molecule has 2 rings (SSSR count). The molecule has 0 aliphatic heterocycles. The van der Waals surface area contributed by atoms with E-state index < -0.39 is 29.0 Å². The summed E-state index contributed by atoms with van der Waals surface area (Å²) in [5, 5.41) is 10.3. The minimum absolute atomic E-state index is 0.116. The fourth-order valence-electron chi connectivity index (χ4n) is 2.81. The van der Waals surface area contributed by atoms with E-state index in [1.54, 1.807) is 51.1 Å². The molecule has 0 radical (unpaired) electrons. The number of carbonyl (C=O) groups is 1. The molecular formula is C19H20F3NO2. The second-order valence-electron chi connectivity index (χ2n) is 6.87. The van der Waals surface area contributed by atoms with Gasteiger partial charge in [0.05, 0.1) is 5.56 Å². The molecule has 0 aliphatic rings. The maximum Gasteiger partial charge on any atom is 0.416 e. The quantitative estimate of drug-likeness (QED) is 0.632. The van der Waals surface area contributed by atoms with Gasteiger partial charge in [-0.05, 0) is 28.7 Å². The third kappa shape index (κ3) is 3.85. The van der Waals surface area contributed by atoms with Gasteiger partial charge in [0.1, 0.15) is 6.10 Å². The zero-order chi connectivity index (χ0) is 19.0. The van der Waals surface area contributed by atoms with Crippen LogP contribution in [0, 0.1) is 0 Å². The highest BCUT2D eigenvalue weighted by molar-refractivity contribution is 6.04. The van der Waals surface area contributed by atoms with Gasteiger partial charge >= 0.3 is 6.18 Å². The molecule has 3 nitrogen and oxygen atoms in total. The predicted octanol–water partition coefficient (Wildman–Crippen LogP) is 4.50. The first kappa shape index (κ1) is 19.0. The summed E-state index contributed by atoms with van der Waals surface area (Å²) in [6.45, 7) is 4.78. The fourth-order valence-corrected chi connectivity index (χ4v) is 2.81. The Morgan fingerprint density at radius 1 is 1.04 bits per heavy atom. The molecule has 0 heterocycles. The highest BCUT2D eigenvalue weighted by atomic mass is 19.4. The molecule has 0 spiro atoms. The van der Waals surface area contributed by atoms with E-state index in [9.17, 15) is 23.1 Å². The third-order valence-electron chi connectivity index (χ3n) is 3.93. The Kier molecular flexibility index (Phi) is 4.95. The number of ketones is 1. The zero-order valence-electron chi connectivity index (χ0n) is 14.2. The van der Waals surface area contributed by atoms with Crippen molar-refractivity contribution in [3.05, 3.63) is 64.7 Å². The van der Waals surface area contributed by atoms with E-state index in [2.05, 4.69) is 0 Å². The molecule has 0 bridgehead atoms. The maximum atomic E-state index is 13.3. The lowest BCUT2D eigenvalue weighted by Gasteiger charge is -2.27. The molecule has 0 amide bonds. The van der Waals surface area contributed by atoms with Gasteiger partial charge in [-0.15, -0.1) is 0 Å². The lowest BCUT2D eigenvalue weighted by molar-refractivity contribution is -0.138. The molecule has 1 unspecified atom stereocenters. The number of rotatable bonds is 3. The number of carbonyl (C=O) groups excluding carboxylic acids is 1. The normalized spacial score (nSPS) is 13.6. The van der Waals surface area contributed by atoms with Crippen molar-refractivity contribution in [3.8, 4) is 0 Å². The largest absolute Gasteiger partial charge is 0.416 e. The fraction of sp³-hybridized carbons (Fsp3) is 0.316. The van der Waals surface area contributed by atoms with Crippen LogP contribution < -0.4 is 5.73 Å². The van der Waals surface area contributed by atoms with E-state index in [1.807, 2.05) is 0 Å². The van der Waals surface area contributed by atoms with Crippen LogP contribution in [-0.2, 0) is 11.6 Å². The van der Waals surface area contributed by atoms with Crippen molar-refractivity contribution < 1.29 is 23.1 Å². The van der Waals surface area contributed by atoms with Crippen LogP contribution in [0.5, 0.6) is 0 Å². The molecule has 6 heteroatoms. The first-order valence-electron chi connectivity index (χ1n) is 7.72. The van der Waals surface area contributed by atoms with Crippen LogP contribution in [0.25, 0.3) is 0 Å². The first-order chi connectivity index (χ1) is 11.4. The molecule has 0 saturated carbocycles. The number of nitrogen functional groups attached to an aromatic ring is 1. The van der Waals surface area contributed by atoms with Gasteiger partial charge in [0, 0.05) is 11.3 Å². The van der Waals surface area contributed by atoms with E-state index in [-0.39, 0.29) is 16.8 Å². The van der Waals surface area contributed by atoms with Crippen LogP contribution in [0.15, 0.2) is 42.5 Å².